The highest BCUT2D eigenvalue weighted by atomic mass is 16.5. The Balaban J connectivity index is 2.04. The third-order valence-electron chi connectivity index (χ3n) is 2.74. The van der Waals surface area contributed by atoms with Gasteiger partial charge in [0.15, 0.2) is 0 Å². The van der Waals surface area contributed by atoms with Crippen LogP contribution in [-0.2, 0) is 22.4 Å². The molecule has 0 heterocycles. The molecule has 0 fully saturated rings. The number of fused-ring (bicyclic) bond motifs is 1. The minimum absolute atomic E-state index is 0.0128. The largest absolute Gasteiger partial charge is 0.463 e. The summed E-state index contributed by atoms with van der Waals surface area (Å²) in [5, 5.41) is 0. The van der Waals surface area contributed by atoms with Crippen molar-refractivity contribution >= 4 is 5.97 Å². The average molecular weight is 204 g/mol. The Morgan fingerprint density at radius 2 is 1.80 bits per heavy atom. The molecule has 0 radical (unpaired) electrons. The predicted molar refractivity (Wildman–Crippen MR) is 58.6 cm³/mol. The summed E-state index contributed by atoms with van der Waals surface area (Å²) in [5.74, 6) is -0.0222. The average Bonchev–Trinajstić information content (AvgIpc) is 2.59. The lowest BCUT2D eigenvalue weighted by atomic mass is 10.1. The topological polar surface area (TPSA) is 26.3 Å². The van der Waals surface area contributed by atoms with Gasteiger partial charge in [-0.25, -0.2) is 0 Å². The first-order valence-corrected chi connectivity index (χ1v) is 5.44. The molecule has 2 rings (SSSR count). The van der Waals surface area contributed by atoms with Crippen molar-refractivity contribution in [1.29, 1.82) is 0 Å². The van der Waals surface area contributed by atoms with Gasteiger partial charge in [0.2, 0.25) is 0 Å². The van der Waals surface area contributed by atoms with Crippen molar-refractivity contribution in [3.63, 3.8) is 0 Å². The zero-order chi connectivity index (χ0) is 10.8. The van der Waals surface area contributed by atoms with E-state index in [4.69, 9.17) is 4.74 Å². The number of ether oxygens (including phenoxy) is 1. The number of hydrogen-bond acceptors (Lipinski definition) is 2. The summed E-state index contributed by atoms with van der Waals surface area (Å²) in [6.07, 6.45) is 1.66. The van der Waals surface area contributed by atoms with E-state index >= 15 is 0 Å². The van der Waals surface area contributed by atoms with Crippen LogP contribution in [0.2, 0.25) is 0 Å². The molecule has 0 unspecified atom stereocenters. The summed E-state index contributed by atoms with van der Waals surface area (Å²) in [7, 11) is 0. The maximum absolute atomic E-state index is 11.7. The van der Waals surface area contributed by atoms with E-state index in [-0.39, 0.29) is 18.0 Å². The molecule has 0 aliphatic heterocycles. The number of benzene rings is 1. The van der Waals surface area contributed by atoms with Gasteiger partial charge in [-0.3, -0.25) is 4.79 Å². The molecule has 0 aromatic heterocycles. The minimum Gasteiger partial charge on any atom is -0.463 e. The van der Waals surface area contributed by atoms with Crippen molar-refractivity contribution in [2.45, 2.75) is 32.8 Å². The highest BCUT2D eigenvalue weighted by Crippen LogP contribution is 2.27. The second-order valence-corrected chi connectivity index (χ2v) is 4.36. The molecule has 0 amide bonds. The number of carbonyl (C=O) groups is 1. The van der Waals surface area contributed by atoms with Gasteiger partial charge >= 0.3 is 5.97 Å². The van der Waals surface area contributed by atoms with E-state index in [0.29, 0.717) is 0 Å². The van der Waals surface area contributed by atoms with Gasteiger partial charge in [-0.15, -0.1) is 0 Å². The van der Waals surface area contributed by atoms with Gasteiger partial charge in [0.25, 0.3) is 0 Å². The monoisotopic (exact) mass is 204 g/mol. The van der Waals surface area contributed by atoms with E-state index in [1.165, 1.54) is 11.1 Å². The van der Waals surface area contributed by atoms with Gasteiger partial charge in [-0.1, -0.05) is 24.3 Å². The predicted octanol–water partition coefficient (Wildman–Crippen LogP) is 2.35. The van der Waals surface area contributed by atoms with Crippen LogP contribution >= 0.6 is 0 Å². The fourth-order valence-electron chi connectivity index (χ4n) is 2.05. The van der Waals surface area contributed by atoms with Crippen LogP contribution in [0.25, 0.3) is 0 Å². The second-order valence-electron chi connectivity index (χ2n) is 4.36. The van der Waals surface area contributed by atoms with Crippen LogP contribution in [0.1, 0.15) is 25.0 Å². The van der Waals surface area contributed by atoms with Crippen LogP contribution in [0, 0.1) is 5.92 Å². The zero-order valence-electron chi connectivity index (χ0n) is 9.19. The Kier molecular flexibility index (Phi) is 2.76. The van der Waals surface area contributed by atoms with Gasteiger partial charge in [-0.2, -0.15) is 0 Å². The Morgan fingerprint density at radius 3 is 2.27 bits per heavy atom. The molecule has 2 nitrogen and oxygen atoms in total. The SMILES string of the molecule is CC(C)OC(=O)C1Cc2ccccc2C1. The first-order valence-electron chi connectivity index (χ1n) is 5.44. The third kappa shape index (κ3) is 2.20. The Morgan fingerprint density at radius 1 is 1.27 bits per heavy atom. The first-order chi connectivity index (χ1) is 7.16. The number of rotatable bonds is 2. The molecule has 0 saturated carbocycles. The fourth-order valence-corrected chi connectivity index (χ4v) is 2.05. The highest BCUT2D eigenvalue weighted by molar-refractivity contribution is 5.74. The molecule has 1 aromatic rings. The Bertz CT molecular complexity index is 344. The van der Waals surface area contributed by atoms with Crippen molar-refractivity contribution in [3.05, 3.63) is 35.4 Å². The summed E-state index contributed by atoms with van der Waals surface area (Å²) < 4.78 is 5.23. The van der Waals surface area contributed by atoms with Crippen molar-refractivity contribution in [3.8, 4) is 0 Å². The molecular formula is C13H16O2. The van der Waals surface area contributed by atoms with Gasteiger partial charge in [0, 0.05) is 0 Å². The van der Waals surface area contributed by atoms with E-state index in [1.54, 1.807) is 0 Å². The van der Waals surface area contributed by atoms with E-state index in [0.717, 1.165) is 12.8 Å². The van der Waals surface area contributed by atoms with Crippen LogP contribution in [-0.4, -0.2) is 12.1 Å². The zero-order valence-corrected chi connectivity index (χ0v) is 9.19. The summed E-state index contributed by atoms with van der Waals surface area (Å²) in [5.41, 5.74) is 2.59. The quantitative estimate of drug-likeness (QED) is 0.691. The molecule has 0 N–H and O–H groups in total. The number of esters is 1. The standard InChI is InChI=1S/C13H16O2/c1-9(2)15-13(14)12-7-10-5-3-4-6-11(10)8-12/h3-6,9,12H,7-8H2,1-2H3. The minimum atomic E-state index is -0.0544. The molecule has 1 aliphatic carbocycles. The lowest BCUT2D eigenvalue weighted by Gasteiger charge is -2.12. The lowest BCUT2D eigenvalue weighted by Crippen LogP contribution is -2.21. The molecule has 2 heteroatoms. The lowest BCUT2D eigenvalue weighted by molar-refractivity contribution is -0.152. The maximum Gasteiger partial charge on any atom is 0.309 e. The van der Waals surface area contributed by atoms with Gasteiger partial charge in [0.05, 0.1) is 12.0 Å². The first kappa shape index (κ1) is 10.2. The third-order valence-corrected chi connectivity index (χ3v) is 2.74. The van der Waals surface area contributed by atoms with Gasteiger partial charge in [0.1, 0.15) is 0 Å². The summed E-state index contributed by atoms with van der Waals surface area (Å²) in [4.78, 5) is 11.7. The van der Waals surface area contributed by atoms with Gasteiger partial charge < -0.3 is 4.74 Å². The number of carbonyl (C=O) groups excluding carboxylic acids is 1. The Labute approximate surface area is 90.3 Å². The van der Waals surface area contributed by atoms with Crippen molar-refractivity contribution < 1.29 is 9.53 Å². The molecule has 0 bridgehead atoms. The van der Waals surface area contributed by atoms with Crippen LogP contribution in [0.3, 0.4) is 0 Å². The molecule has 80 valence electrons. The molecule has 15 heavy (non-hydrogen) atoms. The molecule has 0 saturated heterocycles. The van der Waals surface area contributed by atoms with Crippen LogP contribution in [0.4, 0.5) is 0 Å². The van der Waals surface area contributed by atoms with E-state index < -0.39 is 0 Å². The van der Waals surface area contributed by atoms with Crippen molar-refractivity contribution in [2.24, 2.45) is 5.92 Å². The van der Waals surface area contributed by atoms with E-state index in [9.17, 15) is 4.79 Å². The van der Waals surface area contributed by atoms with E-state index in [2.05, 4.69) is 12.1 Å². The Hall–Kier alpha value is -1.31. The van der Waals surface area contributed by atoms with Crippen molar-refractivity contribution in [1.82, 2.24) is 0 Å². The molecular weight excluding hydrogens is 188 g/mol. The smallest absolute Gasteiger partial charge is 0.309 e. The normalized spacial score (nSPS) is 15.4. The van der Waals surface area contributed by atoms with Crippen LogP contribution < -0.4 is 0 Å². The van der Waals surface area contributed by atoms with E-state index in [1.807, 2.05) is 26.0 Å². The molecule has 0 spiro atoms. The van der Waals surface area contributed by atoms with Gasteiger partial charge in [-0.05, 0) is 37.8 Å². The summed E-state index contributed by atoms with van der Waals surface area (Å²) in [6, 6.07) is 8.24. The fraction of sp³-hybridized carbons (Fsp3) is 0.462. The molecule has 1 aliphatic rings. The summed E-state index contributed by atoms with van der Waals surface area (Å²) in [6.45, 7) is 3.78. The second kappa shape index (κ2) is 4.05. The molecule has 1 aromatic carbocycles. The summed E-state index contributed by atoms with van der Waals surface area (Å²) >= 11 is 0. The maximum atomic E-state index is 11.7. The number of hydrogen-bond donors (Lipinski definition) is 0. The van der Waals surface area contributed by atoms with Crippen molar-refractivity contribution in [2.75, 3.05) is 0 Å². The van der Waals surface area contributed by atoms with Crippen LogP contribution in [0.15, 0.2) is 24.3 Å². The molecule has 0 atom stereocenters. The van der Waals surface area contributed by atoms with Crippen LogP contribution in [0.5, 0.6) is 0 Å². The highest BCUT2D eigenvalue weighted by Gasteiger charge is 2.28.